The van der Waals surface area contributed by atoms with E-state index >= 15 is 0 Å². The molecular weight excluding hydrogens is 299 g/mol. The van der Waals surface area contributed by atoms with Crippen molar-refractivity contribution in [3.63, 3.8) is 0 Å². The average molecular weight is 313 g/mol. The molecular formula is C13H14BrFN2O. The second-order valence-corrected chi connectivity index (χ2v) is 4.70. The van der Waals surface area contributed by atoms with Crippen LogP contribution in [-0.4, -0.2) is 9.78 Å². The van der Waals surface area contributed by atoms with Gasteiger partial charge in [-0.2, -0.15) is 5.10 Å². The Bertz CT molecular complexity index is 581. The van der Waals surface area contributed by atoms with Crippen LogP contribution in [0.5, 0.6) is 11.6 Å². The summed E-state index contributed by atoms with van der Waals surface area (Å²) in [6.07, 6.45) is 0. The van der Waals surface area contributed by atoms with Crippen molar-refractivity contribution in [1.29, 1.82) is 0 Å². The molecule has 0 aliphatic rings. The van der Waals surface area contributed by atoms with E-state index in [2.05, 4.69) is 21.0 Å². The highest BCUT2D eigenvalue weighted by molar-refractivity contribution is 9.08. The quantitative estimate of drug-likeness (QED) is 0.805. The highest BCUT2D eigenvalue weighted by atomic mass is 79.9. The number of hydrogen-bond acceptors (Lipinski definition) is 2. The number of hydrogen-bond donors (Lipinski definition) is 0. The summed E-state index contributed by atoms with van der Waals surface area (Å²) in [6, 6.07) is 4.47. The van der Waals surface area contributed by atoms with Crippen molar-refractivity contribution >= 4 is 15.9 Å². The summed E-state index contributed by atoms with van der Waals surface area (Å²) in [6.45, 7) is 3.75. The highest BCUT2D eigenvalue weighted by Gasteiger charge is 2.15. The summed E-state index contributed by atoms with van der Waals surface area (Å²) in [4.78, 5) is 0. The van der Waals surface area contributed by atoms with Gasteiger partial charge < -0.3 is 4.74 Å². The van der Waals surface area contributed by atoms with Crippen molar-refractivity contribution < 1.29 is 9.13 Å². The van der Waals surface area contributed by atoms with Crippen LogP contribution in [-0.2, 0) is 12.4 Å². The number of benzene rings is 1. The molecule has 1 aromatic carbocycles. The third kappa shape index (κ3) is 2.41. The Morgan fingerprint density at radius 1 is 1.39 bits per heavy atom. The van der Waals surface area contributed by atoms with Gasteiger partial charge in [0.15, 0.2) is 0 Å². The zero-order valence-corrected chi connectivity index (χ0v) is 12.1. The zero-order valence-electron chi connectivity index (χ0n) is 10.5. The third-order valence-corrected chi connectivity index (χ3v) is 3.33. The number of aryl methyl sites for hydroxylation is 3. The standard InChI is InChI=1S/C13H14BrFN2O/c1-8-6-10(15)4-5-12(8)18-13-11(7-14)9(2)16-17(13)3/h4-6H,7H2,1-3H3. The molecule has 0 aliphatic carbocycles. The molecule has 0 bridgehead atoms. The Morgan fingerprint density at radius 3 is 2.72 bits per heavy atom. The molecule has 0 aliphatic heterocycles. The fourth-order valence-corrected chi connectivity index (χ4v) is 2.44. The van der Waals surface area contributed by atoms with Gasteiger partial charge in [-0.3, -0.25) is 0 Å². The van der Waals surface area contributed by atoms with Gasteiger partial charge >= 0.3 is 0 Å². The first-order valence-corrected chi connectivity index (χ1v) is 6.67. The van der Waals surface area contributed by atoms with E-state index in [0.717, 1.165) is 16.8 Å². The smallest absolute Gasteiger partial charge is 0.221 e. The lowest BCUT2D eigenvalue weighted by Gasteiger charge is -2.10. The summed E-state index contributed by atoms with van der Waals surface area (Å²) in [5.41, 5.74) is 2.68. The van der Waals surface area contributed by atoms with E-state index in [0.29, 0.717) is 17.0 Å². The van der Waals surface area contributed by atoms with Gasteiger partial charge in [0.2, 0.25) is 5.88 Å². The van der Waals surface area contributed by atoms with Crippen LogP contribution in [0.1, 0.15) is 16.8 Å². The van der Waals surface area contributed by atoms with Crippen molar-refractivity contribution in [1.82, 2.24) is 9.78 Å². The monoisotopic (exact) mass is 312 g/mol. The maximum absolute atomic E-state index is 13.0. The number of alkyl halides is 1. The summed E-state index contributed by atoms with van der Waals surface area (Å²) in [5, 5.41) is 4.98. The SMILES string of the molecule is Cc1cc(F)ccc1Oc1c(CBr)c(C)nn1C. The Hall–Kier alpha value is -1.36. The van der Waals surface area contributed by atoms with Crippen LogP contribution in [0, 0.1) is 19.7 Å². The number of nitrogens with zero attached hydrogens (tertiary/aromatic N) is 2. The van der Waals surface area contributed by atoms with E-state index in [1.165, 1.54) is 12.1 Å². The van der Waals surface area contributed by atoms with Crippen LogP contribution in [0.3, 0.4) is 0 Å². The van der Waals surface area contributed by atoms with Gasteiger partial charge in [-0.25, -0.2) is 9.07 Å². The normalized spacial score (nSPS) is 10.7. The van der Waals surface area contributed by atoms with Crippen LogP contribution in [0.2, 0.25) is 0 Å². The van der Waals surface area contributed by atoms with Gasteiger partial charge in [0.05, 0.1) is 5.69 Å². The minimum atomic E-state index is -0.262. The van der Waals surface area contributed by atoms with Gasteiger partial charge in [-0.05, 0) is 37.6 Å². The fraction of sp³-hybridized carbons (Fsp3) is 0.308. The lowest BCUT2D eigenvalue weighted by Crippen LogP contribution is -1.97. The summed E-state index contributed by atoms with van der Waals surface area (Å²) >= 11 is 3.42. The molecule has 0 atom stereocenters. The molecule has 1 heterocycles. The first-order chi connectivity index (χ1) is 8.52. The van der Waals surface area contributed by atoms with Crippen molar-refractivity contribution in [3.05, 3.63) is 40.8 Å². The first-order valence-electron chi connectivity index (χ1n) is 5.55. The summed E-state index contributed by atoms with van der Waals surface area (Å²) < 4.78 is 20.6. The van der Waals surface area contributed by atoms with Gasteiger partial charge in [0.1, 0.15) is 11.6 Å². The molecule has 0 fully saturated rings. The minimum Gasteiger partial charge on any atom is -0.439 e. The van der Waals surface area contributed by atoms with E-state index in [1.807, 2.05) is 20.9 Å². The molecule has 0 amide bonds. The predicted molar refractivity (Wildman–Crippen MR) is 71.8 cm³/mol. The Labute approximate surface area is 114 Å². The van der Waals surface area contributed by atoms with E-state index in [-0.39, 0.29) is 5.82 Å². The molecule has 18 heavy (non-hydrogen) atoms. The van der Waals surface area contributed by atoms with Gasteiger partial charge in [0, 0.05) is 17.9 Å². The predicted octanol–water partition coefficient (Wildman–Crippen LogP) is 3.86. The maximum Gasteiger partial charge on any atom is 0.221 e. The maximum atomic E-state index is 13.0. The molecule has 0 N–H and O–H groups in total. The van der Waals surface area contributed by atoms with Crippen LogP contribution in [0.15, 0.2) is 18.2 Å². The van der Waals surface area contributed by atoms with Crippen LogP contribution in [0.25, 0.3) is 0 Å². The molecule has 1 aromatic heterocycles. The average Bonchev–Trinajstić information content (AvgIpc) is 2.57. The Morgan fingerprint density at radius 2 is 2.11 bits per heavy atom. The van der Waals surface area contributed by atoms with E-state index in [1.54, 1.807) is 10.7 Å². The first kappa shape index (κ1) is 13.1. The second-order valence-electron chi connectivity index (χ2n) is 4.14. The van der Waals surface area contributed by atoms with Crippen LogP contribution in [0.4, 0.5) is 4.39 Å². The molecule has 0 unspecified atom stereocenters. The number of ether oxygens (including phenoxy) is 1. The van der Waals surface area contributed by atoms with Crippen molar-refractivity contribution in [2.24, 2.45) is 7.05 Å². The molecule has 0 saturated heterocycles. The van der Waals surface area contributed by atoms with E-state index in [4.69, 9.17) is 4.74 Å². The molecule has 2 aromatic rings. The number of halogens is 2. The van der Waals surface area contributed by atoms with Crippen LogP contribution >= 0.6 is 15.9 Å². The minimum absolute atomic E-state index is 0.262. The van der Waals surface area contributed by atoms with Crippen molar-refractivity contribution in [3.8, 4) is 11.6 Å². The van der Waals surface area contributed by atoms with Crippen molar-refractivity contribution in [2.45, 2.75) is 19.2 Å². The number of rotatable bonds is 3. The lowest BCUT2D eigenvalue weighted by atomic mass is 10.2. The van der Waals surface area contributed by atoms with Gasteiger partial charge in [-0.15, -0.1) is 0 Å². The van der Waals surface area contributed by atoms with E-state index < -0.39 is 0 Å². The Balaban J connectivity index is 2.39. The van der Waals surface area contributed by atoms with Gasteiger partial charge in [0.25, 0.3) is 0 Å². The molecule has 0 spiro atoms. The second kappa shape index (κ2) is 5.10. The summed E-state index contributed by atoms with van der Waals surface area (Å²) in [5.74, 6) is 1.06. The molecule has 5 heteroatoms. The molecule has 0 radical (unpaired) electrons. The number of aromatic nitrogens is 2. The van der Waals surface area contributed by atoms with Crippen molar-refractivity contribution in [2.75, 3.05) is 0 Å². The highest BCUT2D eigenvalue weighted by Crippen LogP contribution is 2.30. The lowest BCUT2D eigenvalue weighted by molar-refractivity contribution is 0.423. The topological polar surface area (TPSA) is 27.1 Å². The molecule has 3 nitrogen and oxygen atoms in total. The molecule has 96 valence electrons. The Kier molecular flexibility index (Phi) is 3.71. The fourth-order valence-electron chi connectivity index (χ4n) is 1.79. The zero-order chi connectivity index (χ0) is 13.3. The third-order valence-electron chi connectivity index (χ3n) is 2.77. The van der Waals surface area contributed by atoms with Gasteiger partial charge in [-0.1, -0.05) is 15.9 Å². The summed E-state index contributed by atoms with van der Waals surface area (Å²) in [7, 11) is 1.83. The van der Waals surface area contributed by atoms with Crippen LogP contribution < -0.4 is 4.74 Å². The molecule has 2 rings (SSSR count). The van der Waals surface area contributed by atoms with E-state index in [9.17, 15) is 4.39 Å². The molecule has 0 saturated carbocycles. The largest absolute Gasteiger partial charge is 0.439 e.